The van der Waals surface area contributed by atoms with Crippen molar-refractivity contribution in [3.05, 3.63) is 53.9 Å². The summed E-state index contributed by atoms with van der Waals surface area (Å²) in [6.07, 6.45) is 5.86. The number of rotatable bonds is 5. The molecule has 2 aromatic heterocycles. The fourth-order valence-electron chi connectivity index (χ4n) is 1.68. The summed E-state index contributed by atoms with van der Waals surface area (Å²) < 4.78 is 12.9. The molecule has 6 heteroatoms. The molecular weight excluding hydrogens is 259 g/mol. The number of halogens is 1. The van der Waals surface area contributed by atoms with Gasteiger partial charge in [0.05, 0.1) is 11.8 Å². The minimum Gasteiger partial charge on any atom is -0.383 e. The number of amides is 1. The fraction of sp³-hybridized carbons (Fsp3) is 0.214. The lowest BCUT2D eigenvalue weighted by Crippen LogP contribution is -2.29. The summed E-state index contributed by atoms with van der Waals surface area (Å²) in [6.45, 7) is 2.95. The third kappa shape index (κ3) is 3.74. The Morgan fingerprint density at radius 1 is 1.25 bits per heavy atom. The summed E-state index contributed by atoms with van der Waals surface area (Å²) in [5, 5.41) is 5.88. The molecule has 0 unspecified atom stereocenters. The zero-order chi connectivity index (χ0) is 14.4. The van der Waals surface area contributed by atoms with Gasteiger partial charge in [0.1, 0.15) is 5.82 Å². The highest BCUT2D eigenvalue weighted by molar-refractivity contribution is 5.93. The smallest absolute Gasteiger partial charge is 0.253 e. The van der Waals surface area contributed by atoms with Crippen LogP contribution in [0.5, 0.6) is 0 Å². The Labute approximate surface area is 116 Å². The Hall–Kier alpha value is -2.50. The second-order valence-corrected chi connectivity index (χ2v) is 4.27. The van der Waals surface area contributed by atoms with Gasteiger partial charge < -0.3 is 10.6 Å². The Morgan fingerprint density at radius 2 is 2.10 bits per heavy atom. The van der Waals surface area contributed by atoms with Gasteiger partial charge in [-0.15, -0.1) is 0 Å². The summed E-state index contributed by atoms with van der Waals surface area (Å²) in [5.41, 5.74) is 2.22. The third-order valence-corrected chi connectivity index (χ3v) is 2.71. The molecule has 0 aliphatic heterocycles. The highest BCUT2D eigenvalue weighted by Crippen LogP contribution is 2.10. The van der Waals surface area contributed by atoms with Gasteiger partial charge >= 0.3 is 0 Å². The van der Waals surface area contributed by atoms with Crippen LogP contribution < -0.4 is 10.6 Å². The van der Waals surface area contributed by atoms with Gasteiger partial charge in [-0.1, -0.05) is 0 Å². The first kappa shape index (κ1) is 13.9. The number of nitrogens with one attached hydrogen (secondary N) is 2. The van der Waals surface area contributed by atoms with Gasteiger partial charge in [0, 0.05) is 37.4 Å². The molecule has 20 heavy (non-hydrogen) atoms. The number of aryl methyl sites for hydroxylation is 1. The largest absolute Gasteiger partial charge is 0.383 e. The van der Waals surface area contributed by atoms with E-state index in [9.17, 15) is 9.18 Å². The molecule has 0 saturated carbocycles. The number of anilines is 1. The summed E-state index contributed by atoms with van der Waals surface area (Å²) in [5.74, 6) is -0.867. The van der Waals surface area contributed by atoms with Crippen LogP contribution >= 0.6 is 0 Å². The molecule has 2 N–H and O–H groups in total. The average Bonchev–Trinajstić information content (AvgIpc) is 2.45. The second-order valence-electron chi connectivity index (χ2n) is 4.27. The van der Waals surface area contributed by atoms with Gasteiger partial charge in [-0.2, -0.15) is 0 Å². The Morgan fingerprint density at radius 3 is 2.85 bits per heavy atom. The Bertz CT molecular complexity index is 603. The number of pyridine rings is 2. The van der Waals surface area contributed by atoms with Gasteiger partial charge in [-0.3, -0.25) is 14.8 Å². The highest BCUT2D eigenvalue weighted by Gasteiger charge is 2.06. The first-order valence-corrected chi connectivity index (χ1v) is 6.20. The standard InChI is InChI=1S/C14H15FN4O/c1-10-7-16-3-2-13(10)18-4-5-19-14(20)11-6-12(15)9-17-8-11/h2-3,6-9H,4-5H2,1H3,(H,16,18)(H,19,20). The molecular formula is C14H15FN4O. The Balaban J connectivity index is 1.79. The van der Waals surface area contributed by atoms with Crippen LogP contribution in [0.15, 0.2) is 36.9 Å². The highest BCUT2D eigenvalue weighted by atomic mass is 19.1. The van der Waals surface area contributed by atoms with Crippen molar-refractivity contribution >= 4 is 11.6 Å². The van der Waals surface area contributed by atoms with Gasteiger partial charge in [0.2, 0.25) is 0 Å². The molecule has 104 valence electrons. The number of aromatic nitrogens is 2. The van der Waals surface area contributed by atoms with Crippen LogP contribution in [0.4, 0.5) is 10.1 Å². The van der Waals surface area contributed by atoms with Crippen LogP contribution in [0.2, 0.25) is 0 Å². The molecule has 2 aromatic rings. The Kier molecular flexibility index (Phi) is 4.60. The maximum absolute atomic E-state index is 12.9. The van der Waals surface area contributed by atoms with Crippen molar-refractivity contribution in [2.24, 2.45) is 0 Å². The summed E-state index contributed by atoms with van der Waals surface area (Å²) >= 11 is 0. The maximum Gasteiger partial charge on any atom is 0.253 e. The number of hydrogen-bond acceptors (Lipinski definition) is 4. The van der Waals surface area contributed by atoms with Crippen LogP contribution in [0.1, 0.15) is 15.9 Å². The van der Waals surface area contributed by atoms with E-state index in [2.05, 4.69) is 20.6 Å². The first-order chi connectivity index (χ1) is 9.66. The SMILES string of the molecule is Cc1cnccc1NCCNC(=O)c1cncc(F)c1. The maximum atomic E-state index is 12.9. The van der Waals surface area contributed by atoms with E-state index < -0.39 is 5.82 Å². The molecule has 0 fully saturated rings. The van der Waals surface area contributed by atoms with Crippen LogP contribution in [0.3, 0.4) is 0 Å². The van der Waals surface area contributed by atoms with Gasteiger partial charge in [0.15, 0.2) is 0 Å². The summed E-state index contributed by atoms with van der Waals surface area (Å²) in [6, 6.07) is 3.02. The number of carbonyl (C=O) groups excluding carboxylic acids is 1. The zero-order valence-corrected chi connectivity index (χ0v) is 11.1. The molecule has 1 amide bonds. The normalized spacial score (nSPS) is 10.1. The van der Waals surface area contributed by atoms with Gasteiger partial charge in [0.25, 0.3) is 5.91 Å². The molecule has 5 nitrogen and oxygen atoms in total. The number of nitrogens with zero attached hydrogens (tertiary/aromatic N) is 2. The zero-order valence-electron chi connectivity index (χ0n) is 11.1. The second kappa shape index (κ2) is 6.60. The van der Waals surface area contributed by atoms with Gasteiger partial charge in [-0.25, -0.2) is 4.39 Å². The van der Waals surface area contributed by atoms with Crippen molar-refractivity contribution in [2.45, 2.75) is 6.92 Å². The lowest BCUT2D eigenvalue weighted by atomic mass is 10.2. The molecule has 0 bridgehead atoms. The van der Waals surface area contributed by atoms with Crippen LogP contribution in [0, 0.1) is 12.7 Å². The van der Waals surface area contributed by atoms with E-state index in [0.29, 0.717) is 13.1 Å². The van der Waals surface area contributed by atoms with Crippen molar-refractivity contribution in [1.29, 1.82) is 0 Å². The minimum atomic E-state index is -0.525. The van der Waals surface area contributed by atoms with Crippen molar-refractivity contribution in [1.82, 2.24) is 15.3 Å². The monoisotopic (exact) mass is 274 g/mol. The molecule has 2 heterocycles. The molecule has 2 rings (SSSR count). The van der Waals surface area contributed by atoms with Crippen LogP contribution in [-0.2, 0) is 0 Å². The van der Waals surface area contributed by atoms with Crippen LogP contribution in [-0.4, -0.2) is 29.0 Å². The van der Waals surface area contributed by atoms with Crippen molar-refractivity contribution in [3.63, 3.8) is 0 Å². The van der Waals surface area contributed by atoms with E-state index in [1.807, 2.05) is 13.0 Å². The predicted octanol–water partition coefficient (Wildman–Crippen LogP) is 1.77. The van der Waals surface area contributed by atoms with E-state index in [1.54, 1.807) is 12.4 Å². The number of carbonyl (C=O) groups is 1. The fourth-order valence-corrected chi connectivity index (χ4v) is 1.68. The molecule has 0 aliphatic carbocycles. The van der Waals surface area contributed by atoms with E-state index in [-0.39, 0.29) is 11.5 Å². The van der Waals surface area contributed by atoms with E-state index in [1.165, 1.54) is 6.20 Å². The summed E-state index contributed by atoms with van der Waals surface area (Å²) in [7, 11) is 0. The van der Waals surface area contributed by atoms with E-state index >= 15 is 0 Å². The quantitative estimate of drug-likeness (QED) is 0.815. The van der Waals surface area contributed by atoms with Crippen molar-refractivity contribution in [2.75, 3.05) is 18.4 Å². The van der Waals surface area contributed by atoms with E-state index in [0.717, 1.165) is 23.5 Å². The van der Waals surface area contributed by atoms with Crippen LogP contribution in [0.25, 0.3) is 0 Å². The minimum absolute atomic E-state index is 0.213. The summed E-state index contributed by atoms with van der Waals surface area (Å²) in [4.78, 5) is 19.4. The molecule has 0 radical (unpaired) electrons. The molecule has 0 spiro atoms. The molecule has 0 atom stereocenters. The lowest BCUT2D eigenvalue weighted by Gasteiger charge is -2.09. The van der Waals surface area contributed by atoms with Crippen molar-refractivity contribution < 1.29 is 9.18 Å². The van der Waals surface area contributed by atoms with Crippen molar-refractivity contribution in [3.8, 4) is 0 Å². The average molecular weight is 274 g/mol. The number of hydrogen-bond donors (Lipinski definition) is 2. The lowest BCUT2D eigenvalue weighted by molar-refractivity contribution is 0.0954. The molecule has 0 aromatic carbocycles. The van der Waals surface area contributed by atoms with Gasteiger partial charge in [-0.05, 0) is 24.6 Å². The van der Waals surface area contributed by atoms with E-state index in [4.69, 9.17) is 0 Å². The molecule has 0 saturated heterocycles. The molecule has 0 aliphatic rings. The topological polar surface area (TPSA) is 66.9 Å². The first-order valence-electron chi connectivity index (χ1n) is 6.20. The third-order valence-electron chi connectivity index (χ3n) is 2.71. The predicted molar refractivity (Wildman–Crippen MR) is 74.0 cm³/mol.